The van der Waals surface area contributed by atoms with E-state index in [0.29, 0.717) is 24.7 Å². The summed E-state index contributed by atoms with van der Waals surface area (Å²) in [5.41, 5.74) is 0.870. The van der Waals surface area contributed by atoms with Crippen LogP contribution in [0.15, 0.2) is 36.5 Å². The molecule has 7 heteroatoms. The molecule has 1 unspecified atom stereocenters. The minimum Gasteiger partial charge on any atom is -0.483 e. The van der Waals surface area contributed by atoms with E-state index in [-0.39, 0.29) is 24.2 Å². The van der Waals surface area contributed by atoms with E-state index < -0.39 is 0 Å². The van der Waals surface area contributed by atoms with E-state index >= 15 is 0 Å². The second-order valence-electron chi connectivity index (χ2n) is 7.50. The van der Waals surface area contributed by atoms with Crippen molar-refractivity contribution >= 4 is 5.91 Å². The first kappa shape index (κ1) is 17.6. The predicted octanol–water partition coefficient (Wildman–Crippen LogP) is 2.25. The molecule has 0 radical (unpaired) electrons. The summed E-state index contributed by atoms with van der Waals surface area (Å²) in [6.45, 7) is 5.24. The number of amides is 1. The van der Waals surface area contributed by atoms with Gasteiger partial charge in [-0.05, 0) is 26.0 Å². The van der Waals surface area contributed by atoms with Gasteiger partial charge in [0.1, 0.15) is 11.7 Å². The lowest BCUT2D eigenvalue weighted by atomic mass is 10.0. The molecular formula is C20H23N3O4. The van der Waals surface area contributed by atoms with Crippen LogP contribution in [0.4, 0.5) is 0 Å². The van der Waals surface area contributed by atoms with Gasteiger partial charge in [-0.1, -0.05) is 12.1 Å². The molecule has 1 saturated heterocycles. The lowest BCUT2D eigenvalue weighted by Crippen LogP contribution is -2.34. The van der Waals surface area contributed by atoms with Crippen molar-refractivity contribution in [2.75, 3.05) is 19.7 Å². The number of nitrogens with zero attached hydrogens (tertiary/aromatic N) is 3. The summed E-state index contributed by atoms with van der Waals surface area (Å²) >= 11 is 0. The standard InChI is InChI=1S/C20H23N3O4/c1-20(2)11-14-5-3-6-16(19(14)27-20)25-13-18(24)23-10-8-15(12-23)26-17-7-4-9-21-22-17/h3-7,9,15H,8,10-13H2,1-2H3. The quantitative estimate of drug-likeness (QED) is 0.805. The van der Waals surface area contributed by atoms with E-state index in [9.17, 15) is 4.79 Å². The van der Waals surface area contributed by atoms with Gasteiger partial charge >= 0.3 is 0 Å². The zero-order chi connectivity index (χ0) is 18.9. The van der Waals surface area contributed by atoms with Gasteiger partial charge in [0, 0.05) is 37.2 Å². The van der Waals surface area contributed by atoms with Crippen LogP contribution in [0.5, 0.6) is 17.4 Å². The molecule has 1 aromatic heterocycles. The lowest BCUT2D eigenvalue weighted by Gasteiger charge is -2.19. The normalized spacial score (nSPS) is 20.1. The highest BCUT2D eigenvalue weighted by Crippen LogP contribution is 2.41. The number of likely N-dealkylation sites (tertiary alicyclic amines) is 1. The molecule has 0 aliphatic carbocycles. The molecule has 0 spiro atoms. The van der Waals surface area contributed by atoms with Gasteiger partial charge in [0.2, 0.25) is 5.88 Å². The van der Waals surface area contributed by atoms with Crippen molar-refractivity contribution in [2.45, 2.75) is 38.4 Å². The Morgan fingerprint density at radius 1 is 1.33 bits per heavy atom. The smallest absolute Gasteiger partial charge is 0.260 e. The number of ether oxygens (including phenoxy) is 3. The van der Waals surface area contributed by atoms with E-state index in [1.165, 1.54) is 0 Å². The molecule has 2 aliphatic rings. The molecule has 1 amide bonds. The lowest BCUT2D eigenvalue weighted by molar-refractivity contribution is -0.132. The van der Waals surface area contributed by atoms with Gasteiger partial charge in [0.05, 0.1) is 6.54 Å². The summed E-state index contributed by atoms with van der Waals surface area (Å²) in [5.74, 6) is 1.79. The molecule has 27 heavy (non-hydrogen) atoms. The molecule has 1 fully saturated rings. The molecule has 1 atom stereocenters. The van der Waals surface area contributed by atoms with Crippen molar-refractivity contribution in [3.63, 3.8) is 0 Å². The molecule has 2 aromatic rings. The summed E-state index contributed by atoms with van der Waals surface area (Å²) in [5, 5.41) is 7.71. The highest BCUT2D eigenvalue weighted by molar-refractivity contribution is 5.78. The first-order valence-corrected chi connectivity index (χ1v) is 9.16. The van der Waals surface area contributed by atoms with Crippen LogP contribution >= 0.6 is 0 Å². The van der Waals surface area contributed by atoms with Crippen LogP contribution in [0.25, 0.3) is 0 Å². The third kappa shape index (κ3) is 3.97. The van der Waals surface area contributed by atoms with Gasteiger partial charge in [-0.25, -0.2) is 0 Å². The monoisotopic (exact) mass is 369 g/mol. The van der Waals surface area contributed by atoms with Crippen molar-refractivity contribution in [1.29, 1.82) is 0 Å². The summed E-state index contributed by atoms with van der Waals surface area (Å²) < 4.78 is 17.5. The fourth-order valence-electron chi connectivity index (χ4n) is 3.50. The van der Waals surface area contributed by atoms with Gasteiger partial charge in [0.15, 0.2) is 18.1 Å². The Bertz CT molecular complexity index is 825. The summed E-state index contributed by atoms with van der Waals surface area (Å²) in [7, 11) is 0. The van der Waals surface area contributed by atoms with Crippen molar-refractivity contribution in [3.8, 4) is 17.4 Å². The summed E-state index contributed by atoms with van der Waals surface area (Å²) in [6.07, 6.45) is 3.12. The molecule has 0 N–H and O–H groups in total. The molecule has 0 bridgehead atoms. The average molecular weight is 369 g/mol. The Hall–Kier alpha value is -2.83. The van der Waals surface area contributed by atoms with Crippen LogP contribution in [-0.2, 0) is 11.2 Å². The molecule has 0 saturated carbocycles. The van der Waals surface area contributed by atoms with Crippen LogP contribution < -0.4 is 14.2 Å². The van der Waals surface area contributed by atoms with Crippen LogP contribution in [0.3, 0.4) is 0 Å². The van der Waals surface area contributed by atoms with E-state index in [0.717, 1.165) is 24.2 Å². The highest BCUT2D eigenvalue weighted by Gasteiger charge is 2.33. The number of fused-ring (bicyclic) bond motifs is 1. The van der Waals surface area contributed by atoms with Crippen LogP contribution in [0.2, 0.25) is 0 Å². The van der Waals surface area contributed by atoms with Gasteiger partial charge < -0.3 is 19.1 Å². The molecule has 7 nitrogen and oxygen atoms in total. The minimum atomic E-state index is -0.244. The zero-order valence-corrected chi connectivity index (χ0v) is 15.6. The highest BCUT2D eigenvalue weighted by atomic mass is 16.5. The van der Waals surface area contributed by atoms with Gasteiger partial charge in [0.25, 0.3) is 5.91 Å². The van der Waals surface area contributed by atoms with Crippen molar-refractivity contribution in [2.24, 2.45) is 0 Å². The van der Waals surface area contributed by atoms with Gasteiger partial charge in [-0.3, -0.25) is 4.79 Å². The number of hydrogen-bond acceptors (Lipinski definition) is 6. The maximum absolute atomic E-state index is 12.5. The first-order chi connectivity index (χ1) is 13.0. The Kier molecular flexibility index (Phi) is 4.59. The number of para-hydroxylation sites is 1. The van der Waals surface area contributed by atoms with E-state index in [2.05, 4.69) is 10.2 Å². The number of carbonyl (C=O) groups is 1. The maximum atomic E-state index is 12.5. The molecule has 2 aliphatic heterocycles. The molecule has 1 aromatic carbocycles. The Labute approximate surface area is 158 Å². The van der Waals surface area contributed by atoms with Crippen molar-refractivity contribution in [3.05, 3.63) is 42.1 Å². The van der Waals surface area contributed by atoms with Gasteiger partial charge in [-0.2, -0.15) is 5.10 Å². The topological polar surface area (TPSA) is 73.8 Å². The van der Waals surface area contributed by atoms with Gasteiger partial charge in [-0.15, -0.1) is 5.10 Å². The number of rotatable bonds is 5. The van der Waals surface area contributed by atoms with Crippen molar-refractivity contribution < 1.29 is 19.0 Å². The number of hydrogen-bond donors (Lipinski definition) is 0. The Morgan fingerprint density at radius 2 is 2.22 bits per heavy atom. The predicted molar refractivity (Wildman–Crippen MR) is 98.0 cm³/mol. The summed E-state index contributed by atoms with van der Waals surface area (Å²) in [6, 6.07) is 9.35. The number of benzene rings is 1. The third-order valence-corrected chi connectivity index (χ3v) is 4.74. The molecular weight excluding hydrogens is 346 g/mol. The maximum Gasteiger partial charge on any atom is 0.260 e. The Morgan fingerprint density at radius 3 is 3.04 bits per heavy atom. The molecule has 142 valence electrons. The van der Waals surface area contributed by atoms with Crippen LogP contribution in [0, 0.1) is 0 Å². The summed E-state index contributed by atoms with van der Waals surface area (Å²) in [4.78, 5) is 14.3. The van der Waals surface area contributed by atoms with Crippen LogP contribution in [-0.4, -0.2) is 52.4 Å². The molecule has 3 heterocycles. The third-order valence-electron chi connectivity index (χ3n) is 4.74. The van der Waals surface area contributed by atoms with E-state index in [1.807, 2.05) is 32.0 Å². The number of carbonyl (C=O) groups excluding carboxylic acids is 1. The molecule has 4 rings (SSSR count). The largest absolute Gasteiger partial charge is 0.483 e. The average Bonchev–Trinajstić information content (AvgIpc) is 3.23. The zero-order valence-electron chi connectivity index (χ0n) is 15.6. The second kappa shape index (κ2) is 7.06. The minimum absolute atomic E-state index is 0.0158. The Balaban J connectivity index is 1.32. The first-order valence-electron chi connectivity index (χ1n) is 9.16. The van der Waals surface area contributed by atoms with Crippen LogP contribution in [0.1, 0.15) is 25.8 Å². The van der Waals surface area contributed by atoms with E-state index in [1.54, 1.807) is 23.2 Å². The fourth-order valence-corrected chi connectivity index (χ4v) is 3.50. The number of aromatic nitrogens is 2. The second-order valence-corrected chi connectivity index (χ2v) is 7.50. The van der Waals surface area contributed by atoms with Crippen molar-refractivity contribution in [1.82, 2.24) is 15.1 Å². The fraction of sp³-hybridized carbons (Fsp3) is 0.450. The van der Waals surface area contributed by atoms with E-state index in [4.69, 9.17) is 14.2 Å². The SMILES string of the molecule is CC1(C)Cc2cccc(OCC(=O)N3CCC(Oc4cccnn4)C3)c2O1.